The van der Waals surface area contributed by atoms with Gasteiger partial charge >= 0.3 is 5.97 Å². The third-order valence-corrected chi connectivity index (χ3v) is 6.21. The van der Waals surface area contributed by atoms with Gasteiger partial charge in [-0.15, -0.1) is 0 Å². The van der Waals surface area contributed by atoms with E-state index in [2.05, 4.69) is 5.32 Å². The topological polar surface area (TPSA) is 75.6 Å². The first kappa shape index (κ1) is 19.6. The molecule has 5 heteroatoms. The van der Waals surface area contributed by atoms with Crippen LogP contribution in [0.4, 0.5) is 0 Å². The van der Waals surface area contributed by atoms with Gasteiger partial charge in [0.1, 0.15) is 0 Å². The lowest BCUT2D eigenvalue weighted by atomic mass is 9.78. The second-order valence-electron chi connectivity index (χ2n) is 8.15. The molecule has 2 aromatic rings. The predicted molar refractivity (Wildman–Crippen MR) is 111 cm³/mol. The first-order valence-electron chi connectivity index (χ1n) is 10.4. The predicted octanol–water partition coefficient (Wildman–Crippen LogP) is 4.66. The molecule has 5 nitrogen and oxygen atoms in total. The summed E-state index contributed by atoms with van der Waals surface area (Å²) in [5.74, 6) is -1.15. The van der Waals surface area contributed by atoms with Gasteiger partial charge in [0, 0.05) is 18.2 Å². The molecule has 2 aromatic carbocycles. The maximum atomic E-state index is 13.2. The summed E-state index contributed by atoms with van der Waals surface area (Å²) in [6, 6.07) is 14.1. The van der Waals surface area contributed by atoms with Crippen LogP contribution in [0.25, 0.3) is 11.1 Å². The number of hydrogen-bond acceptors (Lipinski definition) is 3. The highest BCUT2D eigenvalue weighted by Crippen LogP contribution is 2.38. The number of carbonyl (C=O) groups excluding carboxylic acids is 1. The van der Waals surface area contributed by atoms with E-state index in [-0.39, 0.29) is 23.1 Å². The van der Waals surface area contributed by atoms with Crippen molar-refractivity contribution in [3.05, 3.63) is 59.7 Å². The number of ether oxygens (including phenoxy) is 1. The molecule has 152 valence electrons. The van der Waals surface area contributed by atoms with E-state index in [9.17, 15) is 14.7 Å². The standard InChI is InChI=1S/C24H27NO4/c26-22(25-17-12-15-29-24(16-17)13-6-1-7-14-24)20-10-4-2-8-18(20)19-9-3-5-11-21(19)23(27)28/h2-5,8-11,17H,1,6-7,12-16H2,(H,25,26)(H,27,28). The second-order valence-corrected chi connectivity index (χ2v) is 8.15. The number of aromatic carboxylic acids is 1. The molecule has 29 heavy (non-hydrogen) atoms. The van der Waals surface area contributed by atoms with Gasteiger partial charge in [-0.1, -0.05) is 55.7 Å². The van der Waals surface area contributed by atoms with E-state index in [1.54, 1.807) is 30.3 Å². The summed E-state index contributed by atoms with van der Waals surface area (Å²) in [5.41, 5.74) is 1.82. The van der Waals surface area contributed by atoms with Gasteiger partial charge in [-0.2, -0.15) is 0 Å². The SMILES string of the molecule is O=C(O)c1ccccc1-c1ccccc1C(=O)NC1CCOC2(CCCCC2)C1. The number of hydrogen-bond donors (Lipinski definition) is 2. The van der Waals surface area contributed by atoms with Crippen molar-refractivity contribution in [1.29, 1.82) is 0 Å². The Morgan fingerprint density at radius 2 is 1.55 bits per heavy atom. The van der Waals surface area contributed by atoms with E-state index in [4.69, 9.17) is 4.74 Å². The van der Waals surface area contributed by atoms with Crippen LogP contribution in [0, 0.1) is 0 Å². The zero-order chi connectivity index (χ0) is 20.3. The number of carbonyl (C=O) groups is 2. The van der Waals surface area contributed by atoms with Crippen LogP contribution >= 0.6 is 0 Å². The van der Waals surface area contributed by atoms with Crippen molar-refractivity contribution in [2.24, 2.45) is 0 Å². The van der Waals surface area contributed by atoms with E-state index >= 15 is 0 Å². The monoisotopic (exact) mass is 393 g/mol. The maximum absolute atomic E-state index is 13.2. The van der Waals surface area contributed by atoms with Gasteiger partial charge in [0.05, 0.1) is 11.2 Å². The quantitative estimate of drug-likeness (QED) is 0.792. The highest BCUT2D eigenvalue weighted by molar-refractivity contribution is 6.04. The van der Waals surface area contributed by atoms with Crippen LogP contribution in [0.5, 0.6) is 0 Å². The Morgan fingerprint density at radius 3 is 2.24 bits per heavy atom. The molecule has 2 fully saturated rings. The Kier molecular flexibility index (Phi) is 5.67. The van der Waals surface area contributed by atoms with Crippen LogP contribution < -0.4 is 5.32 Å². The average molecular weight is 393 g/mol. The molecule has 1 aliphatic heterocycles. The Morgan fingerprint density at radius 1 is 0.931 bits per heavy atom. The molecular weight excluding hydrogens is 366 g/mol. The van der Waals surface area contributed by atoms with Crippen molar-refractivity contribution in [3.8, 4) is 11.1 Å². The Hall–Kier alpha value is -2.66. The molecule has 1 amide bonds. The Bertz CT molecular complexity index is 896. The Labute approximate surface area is 171 Å². The third-order valence-electron chi connectivity index (χ3n) is 6.21. The van der Waals surface area contributed by atoms with Crippen molar-refractivity contribution < 1.29 is 19.4 Å². The van der Waals surface area contributed by atoms with E-state index in [0.717, 1.165) is 25.7 Å². The molecule has 4 rings (SSSR count). The van der Waals surface area contributed by atoms with E-state index in [1.165, 1.54) is 19.3 Å². The first-order valence-corrected chi connectivity index (χ1v) is 10.4. The number of benzene rings is 2. The molecule has 1 heterocycles. The molecule has 1 spiro atoms. The van der Waals surface area contributed by atoms with Gasteiger partial charge < -0.3 is 15.2 Å². The van der Waals surface area contributed by atoms with Crippen molar-refractivity contribution in [2.45, 2.75) is 56.6 Å². The molecule has 2 aliphatic rings. The molecule has 1 atom stereocenters. The van der Waals surface area contributed by atoms with Crippen LogP contribution in [-0.4, -0.2) is 35.2 Å². The highest BCUT2D eigenvalue weighted by atomic mass is 16.5. The zero-order valence-corrected chi connectivity index (χ0v) is 16.5. The molecule has 1 saturated heterocycles. The lowest BCUT2D eigenvalue weighted by Crippen LogP contribution is -2.49. The van der Waals surface area contributed by atoms with Crippen LogP contribution in [-0.2, 0) is 4.74 Å². The summed E-state index contributed by atoms with van der Waals surface area (Å²) in [6.45, 7) is 0.675. The maximum Gasteiger partial charge on any atom is 0.336 e. The Balaban J connectivity index is 1.57. The molecule has 0 radical (unpaired) electrons. The first-order chi connectivity index (χ1) is 14.1. The minimum atomic E-state index is -1.00. The van der Waals surface area contributed by atoms with Crippen molar-refractivity contribution in [1.82, 2.24) is 5.32 Å². The summed E-state index contributed by atoms with van der Waals surface area (Å²) in [6.07, 6.45) is 7.45. The highest BCUT2D eigenvalue weighted by Gasteiger charge is 2.39. The van der Waals surface area contributed by atoms with Gasteiger partial charge in [0.2, 0.25) is 0 Å². The summed E-state index contributed by atoms with van der Waals surface area (Å²) >= 11 is 0. The lowest BCUT2D eigenvalue weighted by molar-refractivity contribution is -0.107. The van der Waals surface area contributed by atoms with Gasteiger partial charge in [-0.25, -0.2) is 4.79 Å². The molecule has 1 aliphatic carbocycles. The van der Waals surface area contributed by atoms with Gasteiger partial charge in [-0.05, 0) is 48.9 Å². The fourth-order valence-electron chi connectivity index (χ4n) is 4.78. The van der Waals surface area contributed by atoms with Crippen molar-refractivity contribution >= 4 is 11.9 Å². The molecule has 2 N–H and O–H groups in total. The van der Waals surface area contributed by atoms with Crippen molar-refractivity contribution in [2.75, 3.05) is 6.61 Å². The molecule has 1 saturated carbocycles. The smallest absolute Gasteiger partial charge is 0.336 e. The fraction of sp³-hybridized carbons (Fsp3) is 0.417. The van der Waals surface area contributed by atoms with Crippen LogP contribution in [0.2, 0.25) is 0 Å². The lowest BCUT2D eigenvalue weighted by Gasteiger charge is -2.43. The number of amides is 1. The summed E-state index contributed by atoms with van der Waals surface area (Å²) in [4.78, 5) is 24.8. The third kappa shape index (κ3) is 4.20. The zero-order valence-electron chi connectivity index (χ0n) is 16.5. The normalized spacial score (nSPS) is 20.9. The second kappa shape index (κ2) is 8.37. The van der Waals surface area contributed by atoms with E-state index in [0.29, 0.717) is 23.3 Å². The van der Waals surface area contributed by atoms with Crippen LogP contribution in [0.15, 0.2) is 48.5 Å². The van der Waals surface area contributed by atoms with Gasteiger partial charge in [-0.3, -0.25) is 4.79 Å². The summed E-state index contributed by atoms with van der Waals surface area (Å²) in [5, 5.41) is 12.7. The fourth-order valence-corrected chi connectivity index (χ4v) is 4.78. The average Bonchev–Trinajstić information content (AvgIpc) is 2.74. The van der Waals surface area contributed by atoms with Crippen LogP contribution in [0.1, 0.15) is 65.7 Å². The number of rotatable bonds is 4. The number of carboxylic acids is 1. The summed E-state index contributed by atoms with van der Waals surface area (Å²) in [7, 11) is 0. The van der Waals surface area contributed by atoms with E-state index < -0.39 is 5.97 Å². The molecular formula is C24H27NO4. The van der Waals surface area contributed by atoms with Gasteiger partial charge in [0.25, 0.3) is 5.91 Å². The van der Waals surface area contributed by atoms with Crippen molar-refractivity contribution in [3.63, 3.8) is 0 Å². The molecule has 1 unspecified atom stereocenters. The van der Waals surface area contributed by atoms with Gasteiger partial charge in [0.15, 0.2) is 0 Å². The van der Waals surface area contributed by atoms with Crippen LogP contribution in [0.3, 0.4) is 0 Å². The summed E-state index contributed by atoms with van der Waals surface area (Å²) < 4.78 is 6.14. The molecule has 0 bridgehead atoms. The number of carboxylic acid groups (broad SMARTS) is 1. The molecule has 0 aromatic heterocycles. The van der Waals surface area contributed by atoms with E-state index in [1.807, 2.05) is 18.2 Å². The number of nitrogens with one attached hydrogen (secondary N) is 1. The minimum absolute atomic E-state index is 0.0795. The minimum Gasteiger partial charge on any atom is -0.478 e. The largest absolute Gasteiger partial charge is 0.478 e.